The standard InChI is InChI=1S/C8H11N3O/c1-11(2)5-8-9-4-3-7(6-12)10-8/h3-4,6H,5H2,1-2H3. The van der Waals surface area contributed by atoms with Crippen molar-refractivity contribution in [1.82, 2.24) is 14.9 Å². The molecule has 1 aromatic heterocycles. The average Bonchev–Trinajstić information content (AvgIpc) is 2.03. The monoisotopic (exact) mass is 165 g/mol. The molecule has 0 unspecified atom stereocenters. The summed E-state index contributed by atoms with van der Waals surface area (Å²) in [5, 5.41) is 0. The van der Waals surface area contributed by atoms with Crippen LogP contribution in [0.15, 0.2) is 12.3 Å². The molecule has 4 heteroatoms. The van der Waals surface area contributed by atoms with E-state index in [0.717, 1.165) is 6.29 Å². The molecule has 0 amide bonds. The summed E-state index contributed by atoms with van der Waals surface area (Å²) in [5.74, 6) is 0.671. The zero-order chi connectivity index (χ0) is 8.97. The van der Waals surface area contributed by atoms with Crippen LogP contribution >= 0.6 is 0 Å². The molecule has 0 saturated carbocycles. The van der Waals surface area contributed by atoms with E-state index in [9.17, 15) is 4.79 Å². The van der Waals surface area contributed by atoms with Crippen LogP contribution in [0.2, 0.25) is 0 Å². The summed E-state index contributed by atoms with van der Waals surface area (Å²) in [6.45, 7) is 0.654. The van der Waals surface area contributed by atoms with Gasteiger partial charge in [0.1, 0.15) is 11.5 Å². The predicted octanol–water partition coefficient (Wildman–Crippen LogP) is 0.351. The highest BCUT2D eigenvalue weighted by atomic mass is 16.1. The maximum atomic E-state index is 10.3. The highest BCUT2D eigenvalue weighted by molar-refractivity contribution is 5.71. The van der Waals surface area contributed by atoms with E-state index >= 15 is 0 Å². The molecule has 0 atom stereocenters. The van der Waals surface area contributed by atoms with Gasteiger partial charge < -0.3 is 4.90 Å². The summed E-state index contributed by atoms with van der Waals surface area (Å²) in [6, 6.07) is 1.59. The molecule has 0 saturated heterocycles. The minimum Gasteiger partial charge on any atom is -0.302 e. The maximum Gasteiger partial charge on any atom is 0.168 e. The third-order valence-electron chi connectivity index (χ3n) is 1.31. The average molecular weight is 165 g/mol. The number of nitrogens with zero attached hydrogens (tertiary/aromatic N) is 3. The molecule has 0 aliphatic carbocycles. The van der Waals surface area contributed by atoms with Gasteiger partial charge in [-0.2, -0.15) is 0 Å². The van der Waals surface area contributed by atoms with Crippen molar-refractivity contribution in [2.45, 2.75) is 6.54 Å². The van der Waals surface area contributed by atoms with Crippen LogP contribution < -0.4 is 0 Å². The first-order valence-electron chi connectivity index (χ1n) is 3.64. The molecule has 0 N–H and O–H groups in total. The zero-order valence-electron chi connectivity index (χ0n) is 7.19. The molecule has 4 nitrogen and oxygen atoms in total. The summed E-state index contributed by atoms with van der Waals surface area (Å²) in [6.07, 6.45) is 2.32. The second-order valence-corrected chi connectivity index (χ2v) is 2.75. The van der Waals surface area contributed by atoms with Crippen molar-refractivity contribution in [1.29, 1.82) is 0 Å². The summed E-state index contributed by atoms with van der Waals surface area (Å²) >= 11 is 0. The first-order chi connectivity index (χ1) is 5.72. The van der Waals surface area contributed by atoms with E-state index < -0.39 is 0 Å². The number of hydrogen-bond acceptors (Lipinski definition) is 4. The van der Waals surface area contributed by atoms with Crippen molar-refractivity contribution in [2.24, 2.45) is 0 Å². The summed E-state index contributed by atoms with van der Waals surface area (Å²) in [5.41, 5.74) is 0.432. The van der Waals surface area contributed by atoms with E-state index in [4.69, 9.17) is 0 Å². The number of hydrogen-bond donors (Lipinski definition) is 0. The summed E-state index contributed by atoms with van der Waals surface area (Å²) in [4.78, 5) is 20.3. The molecule has 0 radical (unpaired) electrons. The van der Waals surface area contributed by atoms with E-state index in [2.05, 4.69) is 9.97 Å². The van der Waals surface area contributed by atoms with E-state index in [1.54, 1.807) is 12.3 Å². The molecule has 0 aliphatic rings. The second kappa shape index (κ2) is 3.92. The zero-order valence-corrected chi connectivity index (χ0v) is 7.19. The van der Waals surface area contributed by atoms with Gasteiger partial charge in [0.05, 0.1) is 6.54 Å². The van der Waals surface area contributed by atoms with Crippen LogP contribution in [0.25, 0.3) is 0 Å². The van der Waals surface area contributed by atoms with Gasteiger partial charge in [0.25, 0.3) is 0 Å². The number of aldehydes is 1. The Morgan fingerprint density at radius 2 is 2.33 bits per heavy atom. The van der Waals surface area contributed by atoms with Crippen molar-refractivity contribution in [3.8, 4) is 0 Å². The number of aromatic nitrogens is 2. The molecule has 12 heavy (non-hydrogen) atoms. The Kier molecular flexibility index (Phi) is 2.88. The van der Waals surface area contributed by atoms with Gasteiger partial charge in [-0.1, -0.05) is 0 Å². The lowest BCUT2D eigenvalue weighted by Gasteiger charge is -2.07. The Labute approximate surface area is 71.3 Å². The van der Waals surface area contributed by atoms with Crippen LogP contribution in [-0.2, 0) is 6.54 Å². The minimum atomic E-state index is 0.432. The van der Waals surface area contributed by atoms with Crippen LogP contribution in [-0.4, -0.2) is 35.2 Å². The molecule has 0 spiro atoms. The molecule has 0 fully saturated rings. The quantitative estimate of drug-likeness (QED) is 0.606. The van der Waals surface area contributed by atoms with E-state index in [0.29, 0.717) is 18.1 Å². The molecule has 1 rings (SSSR count). The SMILES string of the molecule is CN(C)Cc1nccc(C=O)n1. The van der Waals surface area contributed by atoms with Crippen LogP contribution in [0.5, 0.6) is 0 Å². The topological polar surface area (TPSA) is 46.1 Å². The van der Waals surface area contributed by atoms with Gasteiger partial charge >= 0.3 is 0 Å². The van der Waals surface area contributed by atoms with E-state index in [1.165, 1.54) is 0 Å². The number of carbonyl (C=O) groups is 1. The number of rotatable bonds is 3. The molecule has 1 heterocycles. The predicted molar refractivity (Wildman–Crippen MR) is 44.8 cm³/mol. The van der Waals surface area contributed by atoms with Gasteiger partial charge in [0.15, 0.2) is 6.29 Å². The molecule has 1 aromatic rings. The Balaban J connectivity index is 2.79. The fourth-order valence-electron chi connectivity index (χ4n) is 0.839. The van der Waals surface area contributed by atoms with Gasteiger partial charge in [-0.25, -0.2) is 9.97 Å². The summed E-state index contributed by atoms with van der Waals surface area (Å²) < 4.78 is 0. The minimum absolute atomic E-state index is 0.432. The normalized spacial score (nSPS) is 10.2. The second-order valence-electron chi connectivity index (χ2n) is 2.75. The van der Waals surface area contributed by atoms with Crippen molar-refractivity contribution in [3.05, 3.63) is 23.8 Å². The van der Waals surface area contributed by atoms with Crippen LogP contribution in [0.3, 0.4) is 0 Å². The lowest BCUT2D eigenvalue weighted by Crippen LogP contribution is -2.13. The van der Waals surface area contributed by atoms with E-state index in [1.807, 2.05) is 19.0 Å². The van der Waals surface area contributed by atoms with Gasteiger partial charge in [0, 0.05) is 6.20 Å². The van der Waals surface area contributed by atoms with Crippen LogP contribution in [0.1, 0.15) is 16.3 Å². The summed E-state index contributed by atoms with van der Waals surface area (Å²) in [7, 11) is 3.86. The van der Waals surface area contributed by atoms with Crippen LogP contribution in [0.4, 0.5) is 0 Å². The highest BCUT2D eigenvalue weighted by Gasteiger charge is 1.98. The largest absolute Gasteiger partial charge is 0.302 e. The lowest BCUT2D eigenvalue weighted by atomic mass is 10.4. The third-order valence-corrected chi connectivity index (χ3v) is 1.31. The lowest BCUT2D eigenvalue weighted by molar-refractivity contribution is 0.111. The van der Waals surface area contributed by atoms with Gasteiger partial charge in [-0.05, 0) is 20.2 Å². The Morgan fingerprint density at radius 3 is 2.92 bits per heavy atom. The Bertz CT molecular complexity index is 273. The molecular weight excluding hydrogens is 154 g/mol. The van der Waals surface area contributed by atoms with Crippen molar-refractivity contribution in [3.63, 3.8) is 0 Å². The first kappa shape index (κ1) is 8.80. The first-order valence-corrected chi connectivity index (χ1v) is 3.64. The van der Waals surface area contributed by atoms with E-state index in [-0.39, 0.29) is 0 Å². The van der Waals surface area contributed by atoms with Crippen molar-refractivity contribution in [2.75, 3.05) is 14.1 Å². The smallest absolute Gasteiger partial charge is 0.168 e. The molecular formula is C8H11N3O. The highest BCUT2D eigenvalue weighted by Crippen LogP contribution is 1.94. The maximum absolute atomic E-state index is 10.3. The van der Waals surface area contributed by atoms with Crippen LogP contribution in [0, 0.1) is 0 Å². The Morgan fingerprint density at radius 1 is 1.58 bits per heavy atom. The van der Waals surface area contributed by atoms with Gasteiger partial charge in [0.2, 0.25) is 0 Å². The Hall–Kier alpha value is -1.29. The molecule has 0 bridgehead atoms. The van der Waals surface area contributed by atoms with Gasteiger partial charge in [-0.3, -0.25) is 4.79 Å². The molecule has 0 aromatic carbocycles. The fraction of sp³-hybridized carbons (Fsp3) is 0.375. The third kappa shape index (κ3) is 2.39. The fourth-order valence-corrected chi connectivity index (χ4v) is 0.839. The number of carbonyl (C=O) groups excluding carboxylic acids is 1. The van der Waals surface area contributed by atoms with Crippen molar-refractivity contribution >= 4 is 6.29 Å². The molecule has 64 valence electrons. The van der Waals surface area contributed by atoms with Crippen molar-refractivity contribution < 1.29 is 4.79 Å². The molecule has 0 aliphatic heterocycles. The van der Waals surface area contributed by atoms with Gasteiger partial charge in [-0.15, -0.1) is 0 Å².